The minimum atomic E-state index is -0.216. The van der Waals surface area contributed by atoms with Crippen LogP contribution in [0.1, 0.15) is 29.1 Å². The van der Waals surface area contributed by atoms with Crippen LogP contribution in [0.25, 0.3) is 0 Å². The van der Waals surface area contributed by atoms with Crippen molar-refractivity contribution in [2.24, 2.45) is 5.73 Å². The number of nitrogens with two attached hydrogens (primary N) is 1. The van der Waals surface area contributed by atoms with Crippen molar-refractivity contribution in [3.05, 3.63) is 52.0 Å². The Balaban J connectivity index is 1.62. The van der Waals surface area contributed by atoms with E-state index in [4.69, 9.17) is 5.73 Å². The highest BCUT2D eigenvalue weighted by Crippen LogP contribution is 2.32. The molecule has 1 saturated heterocycles. The number of rotatable bonds is 3. The van der Waals surface area contributed by atoms with Gasteiger partial charge in [-0.1, -0.05) is 30.3 Å². The number of thiazole rings is 1. The van der Waals surface area contributed by atoms with Crippen molar-refractivity contribution >= 4 is 11.3 Å². The number of aromatic nitrogens is 1. The van der Waals surface area contributed by atoms with Gasteiger partial charge in [0.1, 0.15) is 5.01 Å². The van der Waals surface area contributed by atoms with Gasteiger partial charge in [0.05, 0.1) is 5.54 Å². The molecule has 0 amide bonds. The molecular weight excluding hydrogens is 266 g/mol. The van der Waals surface area contributed by atoms with E-state index in [-0.39, 0.29) is 5.54 Å². The van der Waals surface area contributed by atoms with Gasteiger partial charge >= 0.3 is 0 Å². The van der Waals surface area contributed by atoms with Crippen LogP contribution >= 0.6 is 11.3 Å². The van der Waals surface area contributed by atoms with Crippen molar-refractivity contribution in [2.75, 3.05) is 13.1 Å². The summed E-state index contributed by atoms with van der Waals surface area (Å²) in [7, 11) is 0. The van der Waals surface area contributed by atoms with Crippen LogP contribution in [0, 0.1) is 6.92 Å². The average molecular weight is 287 g/mol. The number of aryl methyl sites for hydroxylation is 1. The molecule has 3 nitrogen and oxygen atoms in total. The number of nitrogens with zero attached hydrogens (tertiary/aromatic N) is 2. The molecule has 0 unspecified atom stereocenters. The molecule has 0 saturated carbocycles. The zero-order valence-corrected chi connectivity index (χ0v) is 12.7. The Morgan fingerprint density at radius 3 is 2.55 bits per heavy atom. The van der Waals surface area contributed by atoms with Crippen molar-refractivity contribution in [3.63, 3.8) is 0 Å². The number of likely N-dealkylation sites (tertiary alicyclic amines) is 1. The summed E-state index contributed by atoms with van der Waals surface area (Å²) in [6, 6.07) is 10.6. The van der Waals surface area contributed by atoms with Crippen LogP contribution < -0.4 is 5.73 Å². The highest BCUT2D eigenvalue weighted by atomic mass is 32.1. The molecule has 0 bridgehead atoms. The van der Waals surface area contributed by atoms with Gasteiger partial charge in [0, 0.05) is 30.7 Å². The lowest BCUT2D eigenvalue weighted by molar-refractivity contribution is 0.155. The molecule has 20 heavy (non-hydrogen) atoms. The van der Waals surface area contributed by atoms with E-state index in [9.17, 15) is 0 Å². The highest BCUT2D eigenvalue weighted by Gasteiger charge is 2.34. The molecule has 2 N–H and O–H groups in total. The summed E-state index contributed by atoms with van der Waals surface area (Å²) >= 11 is 1.71. The third kappa shape index (κ3) is 2.92. The first kappa shape index (κ1) is 13.7. The maximum Gasteiger partial charge on any atom is 0.113 e. The zero-order chi connectivity index (χ0) is 14.0. The fourth-order valence-corrected chi connectivity index (χ4v) is 3.72. The molecule has 1 aliphatic rings. The number of hydrogen-bond acceptors (Lipinski definition) is 4. The van der Waals surface area contributed by atoms with Gasteiger partial charge in [0.15, 0.2) is 0 Å². The Labute approximate surface area is 124 Å². The molecule has 0 radical (unpaired) electrons. The van der Waals surface area contributed by atoms with Crippen LogP contribution in [-0.2, 0) is 12.1 Å². The first-order chi connectivity index (χ1) is 9.66. The maximum absolute atomic E-state index is 6.57. The Morgan fingerprint density at radius 1 is 1.25 bits per heavy atom. The summed E-state index contributed by atoms with van der Waals surface area (Å²) in [5.41, 5.74) is 8.82. The van der Waals surface area contributed by atoms with Gasteiger partial charge in [-0.05, 0) is 25.3 Å². The molecule has 0 aliphatic carbocycles. The van der Waals surface area contributed by atoms with Gasteiger partial charge in [0.25, 0.3) is 0 Å². The van der Waals surface area contributed by atoms with Crippen LogP contribution in [0.5, 0.6) is 0 Å². The van der Waals surface area contributed by atoms with Gasteiger partial charge < -0.3 is 5.73 Å². The molecule has 1 aromatic heterocycles. The van der Waals surface area contributed by atoms with E-state index >= 15 is 0 Å². The summed E-state index contributed by atoms with van der Waals surface area (Å²) in [5, 5.41) is 3.20. The zero-order valence-electron chi connectivity index (χ0n) is 11.9. The molecule has 1 fully saturated rings. The molecule has 106 valence electrons. The second kappa shape index (κ2) is 5.64. The summed E-state index contributed by atoms with van der Waals surface area (Å²) < 4.78 is 0. The van der Waals surface area contributed by atoms with E-state index in [2.05, 4.69) is 45.6 Å². The number of hydrogen-bond donors (Lipinski definition) is 1. The molecule has 4 heteroatoms. The molecular formula is C16H21N3S. The van der Waals surface area contributed by atoms with Crippen LogP contribution in [0.3, 0.4) is 0 Å². The topological polar surface area (TPSA) is 42.1 Å². The molecule has 0 atom stereocenters. The molecule has 0 spiro atoms. The van der Waals surface area contributed by atoms with Crippen LogP contribution in [0.2, 0.25) is 0 Å². The lowest BCUT2D eigenvalue weighted by Gasteiger charge is -2.38. The fraction of sp³-hybridized carbons (Fsp3) is 0.438. The van der Waals surface area contributed by atoms with E-state index in [0.717, 1.165) is 43.2 Å². The Bertz CT molecular complexity index is 556. The van der Waals surface area contributed by atoms with Gasteiger partial charge in [-0.3, -0.25) is 4.90 Å². The van der Waals surface area contributed by atoms with Gasteiger partial charge in [-0.2, -0.15) is 0 Å². The van der Waals surface area contributed by atoms with Gasteiger partial charge in [-0.15, -0.1) is 11.3 Å². The average Bonchev–Trinajstić information content (AvgIpc) is 2.90. The minimum Gasteiger partial charge on any atom is -0.319 e. The van der Waals surface area contributed by atoms with Crippen molar-refractivity contribution in [2.45, 2.75) is 31.8 Å². The van der Waals surface area contributed by atoms with Crippen LogP contribution in [0.15, 0.2) is 35.7 Å². The van der Waals surface area contributed by atoms with Crippen LogP contribution in [-0.4, -0.2) is 23.0 Å². The van der Waals surface area contributed by atoms with Crippen molar-refractivity contribution < 1.29 is 0 Å². The molecule has 3 rings (SSSR count). The maximum atomic E-state index is 6.57. The number of piperidine rings is 1. The third-order valence-electron chi connectivity index (χ3n) is 4.04. The molecule has 1 aliphatic heterocycles. The lowest BCUT2D eigenvalue weighted by Crippen LogP contribution is -2.47. The first-order valence-electron chi connectivity index (χ1n) is 7.13. The van der Waals surface area contributed by atoms with E-state index in [1.54, 1.807) is 11.3 Å². The molecule has 2 aromatic rings. The predicted octanol–water partition coefficient (Wildman–Crippen LogP) is 2.90. The monoisotopic (exact) mass is 287 g/mol. The van der Waals surface area contributed by atoms with E-state index in [1.165, 1.54) is 5.56 Å². The smallest absolute Gasteiger partial charge is 0.113 e. The summed E-state index contributed by atoms with van der Waals surface area (Å²) in [6.45, 7) is 5.15. The molecule has 1 aromatic carbocycles. The Hall–Kier alpha value is -1.23. The van der Waals surface area contributed by atoms with Crippen LogP contribution in [0.4, 0.5) is 0 Å². The largest absolute Gasteiger partial charge is 0.319 e. The van der Waals surface area contributed by atoms with Gasteiger partial charge in [-0.25, -0.2) is 4.98 Å². The second-order valence-electron chi connectivity index (χ2n) is 5.71. The summed E-state index contributed by atoms with van der Waals surface area (Å²) in [4.78, 5) is 7.08. The first-order valence-corrected chi connectivity index (χ1v) is 8.01. The Kier molecular flexibility index (Phi) is 3.87. The number of benzene rings is 1. The van der Waals surface area contributed by atoms with Crippen molar-refractivity contribution in [3.8, 4) is 0 Å². The Morgan fingerprint density at radius 2 is 1.95 bits per heavy atom. The summed E-state index contributed by atoms with van der Waals surface area (Å²) in [6.07, 6.45) is 1.99. The SMILES string of the molecule is Cc1csc(C2(N)CCN(Cc3ccccc3)CC2)n1. The lowest BCUT2D eigenvalue weighted by atomic mass is 9.89. The van der Waals surface area contributed by atoms with E-state index < -0.39 is 0 Å². The molecule has 2 heterocycles. The van der Waals surface area contributed by atoms with E-state index in [0.29, 0.717) is 0 Å². The quantitative estimate of drug-likeness (QED) is 0.944. The highest BCUT2D eigenvalue weighted by molar-refractivity contribution is 7.09. The van der Waals surface area contributed by atoms with Crippen molar-refractivity contribution in [1.82, 2.24) is 9.88 Å². The van der Waals surface area contributed by atoms with Gasteiger partial charge in [0.2, 0.25) is 0 Å². The predicted molar refractivity (Wildman–Crippen MR) is 83.7 cm³/mol. The standard InChI is InChI=1S/C16H21N3S/c1-13-12-20-15(18-13)16(17)7-9-19(10-8-16)11-14-5-3-2-4-6-14/h2-6,12H,7-11,17H2,1H3. The van der Waals surface area contributed by atoms with E-state index in [1.807, 2.05) is 6.92 Å². The normalized spacial score (nSPS) is 19.1. The second-order valence-corrected chi connectivity index (χ2v) is 6.57. The summed E-state index contributed by atoms with van der Waals surface area (Å²) in [5.74, 6) is 0. The third-order valence-corrected chi connectivity index (χ3v) is 5.22. The van der Waals surface area contributed by atoms with Crippen molar-refractivity contribution in [1.29, 1.82) is 0 Å². The minimum absolute atomic E-state index is 0.216. The fourth-order valence-electron chi connectivity index (χ4n) is 2.75.